The van der Waals surface area contributed by atoms with Gasteiger partial charge in [0.2, 0.25) is 0 Å². The third-order valence-corrected chi connectivity index (χ3v) is 13.8. The Kier molecular flexibility index (Phi) is 20.8. The van der Waals surface area contributed by atoms with Crippen LogP contribution in [0.1, 0.15) is 180 Å². The van der Waals surface area contributed by atoms with E-state index in [1.807, 2.05) is 38.2 Å². The molecular formula is C55H76MgN4O6-2. The van der Waals surface area contributed by atoms with Crippen LogP contribution in [0.2, 0.25) is 0 Å². The number of rotatable bonds is 20. The van der Waals surface area contributed by atoms with Crippen molar-refractivity contribution in [2.45, 2.75) is 146 Å². The molecule has 1 saturated heterocycles. The van der Waals surface area contributed by atoms with Crippen molar-refractivity contribution in [1.29, 1.82) is 0 Å². The van der Waals surface area contributed by atoms with Gasteiger partial charge in [-0.3, -0.25) is 9.59 Å². The van der Waals surface area contributed by atoms with Crippen molar-refractivity contribution in [3.8, 4) is 0 Å². The second kappa shape index (κ2) is 25.3. The third-order valence-electron chi connectivity index (χ3n) is 13.8. The van der Waals surface area contributed by atoms with Gasteiger partial charge in [-0.25, -0.2) is 0 Å². The van der Waals surface area contributed by atoms with E-state index in [1.54, 1.807) is 0 Å². The first-order valence-electron chi connectivity index (χ1n) is 24.3. The zero-order valence-electron chi connectivity index (χ0n) is 42.0. The Morgan fingerprint density at radius 1 is 0.833 bits per heavy atom. The van der Waals surface area contributed by atoms with Gasteiger partial charge in [0.15, 0.2) is 5.78 Å². The number of aliphatic hydroxyl groups excluding tert-OH is 2. The summed E-state index contributed by atoms with van der Waals surface area (Å²) >= 11 is 0. The molecule has 2 aliphatic heterocycles. The Bertz CT molecular complexity index is 2370. The van der Waals surface area contributed by atoms with Crippen molar-refractivity contribution in [2.75, 3.05) is 20.3 Å². The Labute approximate surface area is 411 Å². The zero-order valence-corrected chi connectivity index (χ0v) is 43.4. The number of methoxy groups -OCH3 is 1. The predicted molar refractivity (Wildman–Crippen MR) is 269 cm³/mol. The maximum atomic E-state index is 13.7. The number of fused-ring (bicyclic) bond motifs is 7. The standard InChI is InChI=1S/C32H31N4O3.C23H46O3.Mg/c1-8-18-15(4)21-11-20-14(3)10-26(33-20)28-29(32(38)39-7)31(37)27-17(6)23(36-30(27)28)13-25-19(9-2)16(5)22(35-25)12-24(18)34-21;1-19(2)9-6-10-20(3)11-7-12-21(4)13-8-14-22(5)16-18-26-23(25)15-17-24;/h8,11-14,29H,1,9-10H2,2-7H3,(H-,33,36,37);15,19-22,24-25H,6-14,16-18H2,1-5H3;/q-3;;+2/p-1/b20-11-,22-12-,25-13-;23-15-;/t14-,29+;20-,21-,22?;/m01./s1. The van der Waals surface area contributed by atoms with E-state index in [1.165, 1.54) is 71.0 Å². The summed E-state index contributed by atoms with van der Waals surface area (Å²) in [7, 11) is 1.31. The molecule has 0 amide bonds. The molecule has 0 spiro atoms. The van der Waals surface area contributed by atoms with E-state index in [2.05, 4.69) is 62.0 Å². The van der Waals surface area contributed by atoms with Crippen LogP contribution in [0.15, 0.2) is 30.0 Å². The Balaban J connectivity index is 0.000000311. The van der Waals surface area contributed by atoms with Gasteiger partial charge in [0.05, 0.1) is 20.3 Å². The fraction of sp³-hybridized carbons (Fsp3) is 0.564. The fourth-order valence-corrected chi connectivity index (χ4v) is 9.60. The van der Waals surface area contributed by atoms with E-state index in [0.29, 0.717) is 47.2 Å². The summed E-state index contributed by atoms with van der Waals surface area (Å²) in [4.78, 5) is 41.5. The Morgan fingerprint density at radius 2 is 1.42 bits per heavy atom. The number of nitrogens with zero attached hydrogens (tertiary/aromatic N) is 4. The second-order valence-corrected chi connectivity index (χ2v) is 19.4. The van der Waals surface area contributed by atoms with E-state index >= 15 is 0 Å². The number of carbonyl (C=O) groups excluding carboxylic acids is 2. The van der Waals surface area contributed by atoms with E-state index in [0.717, 1.165) is 86.2 Å². The van der Waals surface area contributed by atoms with Crippen LogP contribution < -0.4 is 25.7 Å². The van der Waals surface area contributed by atoms with Crippen molar-refractivity contribution in [3.63, 3.8) is 0 Å². The van der Waals surface area contributed by atoms with Crippen molar-refractivity contribution >= 4 is 64.7 Å². The van der Waals surface area contributed by atoms with Crippen LogP contribution in [0, 0.1) is 56.3 Å². The molecular weight excluding hydrogens is 837 g/mol. The van der Waals surface area contributed by atoms with Gasteiger partial charge in [-0.1, -0.05) is 165 Å². The maximum absolute atomic E-state index is 13.7. The molecule has 5 atom stereocenters. The number of esters is 1. The molecule has 11 heteroatoms. The molecule has 6 rings (SSSR count). The molecule has 66 heavy (non-hydrogen) atoms. The van der Waals surface area contributed by atoms with E-state index in [4.69, 9.17) is 34.8 Å². The molecule has 3 aromatic rings. The van der Waals surface area contributed by atoms with Gasteiger partial charge in [0.25, 0.3) is 5.95 Å². The van der Waals surface area contributed by atoms with Crippen LogP contribution in [0.3, 0.4) is 0 Å². The summed E-state index contributed by atoms with van der Waals surface area (Å²) in [6.07, 6.45) is 23.6. The number of hydrogen-bond donors (Lipinski definition) is 2. The first-order valence-corrected chi connectivity index (χ1v) is 24.3. The predicted octanol–water partition coefficient (Wildman–Crippen LogP) is 10.3. The van der Waals surface area contributed by atoms with E-state index in [9.17, 15) is 14.7 Å². The van der Waals surface area contributed by atoms with Crippen LogP contribution >= 0.6 is 0 Å². The maximum Gasteiger partial charge on any atom is 2.00 e. The molecule has 5 heterocycles. The van der Waals surface area contributed by atoms with Crippen molar-refractivity contribution < 1.29 is 29.3 Å². The summed E-state index contributed by atoms with van der Waals surface area (Å²) in [6.45, 7) is 26.3. The quantitative estimate of drug-likeness (QED) is 0.0489. The second-order valence-electron chi connectivity index (χ2n) is 19.4. The molecule has 0 radical (unpaired) electrons. The van der Waals surface area contributed by atoms with Gasteiger partial charge in [0, 0.05) is 11.6 Å². The number of ketones is 1. The van der Waals surface area contributed by atoms with Gasteiger partial charge in [-0.05, 0) is 75.2 Å². The number of ether oxygens (including phenoxy) is 2. The van der Waals surface area contributed by atoms with Gasteiger partial charge >= 0.3 is 29.0 Å². The van der Waals surface area contributed by atoms with Gasteiger partial charge < -0.3 is 40.0 Å². The summed E-state index contributed by atoms with van der Waals surface area (Å²) < 4.78 is 10.2. The molecule has 1 fully saturated rings. The van der Waals surface area contributed by atoms with E-state index < -0.39 is 11.9 Å². The first-order chi connectivity index (χ1) is 31.0. The van der Waals surface area contributed by atoms with Crippen LogP contribution in [0.5, 0.6) is 0 Å². The summed E-state index contributed by atoms with van der Waals surface area (Å²) in [6, 6.07) is 0. The summed E-state index contributed by atoms with van der Waals surface area (Å²) in [5.41, 5.74) is 10.4. The van der Waals surface area contributed by atoms with Crippen molar-refractivity contribution in [1.82, 2.24) is 15.0 Å². The molecule has 0 aromatic carbocycles. The molecule has 1 unspecified atom stereocenters. The minimum atomic E-state index is -1.06. The molecule has 0 saturated carbocycles. The Hall–Kier alpha value is -4.19. The Morgan fingerprint density at radius 3 is 2.00 bits per heavy atom. The number of Topliss-reactive ketones (excluding diaryl/α,β-unsaturated/α-hetero) is 1. The molecule has 2 N–H and O–H groups in total. The van der Waals surface area contributed by atoms with Crippen LogP contribution in [-0.2, 0) is 20.7 Å². The molecule has 8 bridgehead atoms. The third kappa shape index (κ3) is 13.3. The van der Waals surface area contributed by atoms with Crippen LogP contribution in [-0.4, -0.2) is 65.3 Å². The summed E-state index contributed by atoms with van der Waals surface area (Å²) in [5, 5.41) is 24.6. The van der Waals surface area contributed by atoms with Crippen LogP contribution in [0.4, 0.5) is 0 Å². The zero-order chi connectivity index (χ0) is 47.5. The number of allylic oxidation sites excluding steroid dienone is 2. The minimum Gasteiger partial charge on any atom is -0.664 e. The number of aliphatic hydroxyl groups is 2. The van der Waals surface area contributed by atoms with E-state index in [-0.39, 0.29) is 47.3 Å². The average molecular weight is 914 g/mol. The topological polar surface area (TPSA) is 149 Å². The van der Waals surface area contributed by atoms with Gasteiger partial charge in [0.1, 0.15) is 5.92 Å². The number of hydrogen-bond acceptors (Lipinski definition) is 6. The summed E-state index contributed by atoms with van der Waals surface area (Å²) in [5.74, 6) is 1.16. The monoisotopic (exact) mass is 913 g/mol. The fourth-order valence-electron chi connectivity index (χ4n) is 9.60. The minimum absolute atomic E-state index is 0. The average Bonchev–Trinajstić information content (AvgIpc) is 4.02. The van der Waals surface area contributed by atoms with Gasteiger partial charge in [-0.15, -0.1) is 33.5 Å². The van der Waals surface area contributed by atoms with Crippen LogP contribution in [0.25, 0.3) is 35.2 Å². The molecule has 3 aliphatic rings. The largest absolute Gasteiger partial charge is 2.00 e. The molecule has 356 valence electrons. The first kappa shape index (κ1) is 54.4. The van der Waals surface area contributed by atoms with Gasteiger partial charge in [-0.2, -0.15) is 11.4 Å². The van der Waals surface area contributed by atoms with Crippen molar-refractivity contribution in [2.24, 2.45) is 35.5 Å². The SMILES string of the molecule is C=Cc1c2[n-]c(c1C)/C=C1\[N-]/C(=C3\c4[n-]c(c(C)c4C(=O)[C@@H]3C(=O)OC)/C=c3\[n-]/c(c(C)c3CC)=C\2)C[C@@H]1C.CC(C)CCC[C@@H](C)CCC[C@@H](C)CCCC(C)CCO/C(O)=C\CO.[Mg+2]. The van der Waals surface area contributed by atoms with Crippen molar-refractivity contribution in [3.05, 3.63) is 102 Å². The smallest absolute Gasteiger partial charge is 0.664 e. The molecule has 10 nitrogen and oxygen atoms in total. The number of carbonyl (C=O) groups is 2. The molecule has 3 aromatic heterocycles. The normalized spacial score (nSPS) is 20.7. The number of aromatic nitrogens is 3. The molecule has 1 aliphatic carbocycles.